The second-order valence-electron chi connectivity index (χ2n) is 7.81. The summed E-state index contributed by atoms with van der Waals surface area (Å²) in [6, 6.07) is 9.55. The van der Waals surface area contributed by atoms with Gasteiger partial charge in [-0.3, -0.25) is 4.79 Å². The monoisotopic (exact) mass is 391 g/mol. The average Bonchev–Trinajstić information content (AvgIpc) is 2.64. The Balaban J connectivity index is 1.54. The van der Waals surface area contributed by atoms with Gasteiger partial charge in [-0.05, 0) is 69.7 Å². The van der Waals surface area contributed by atoms with Crippen LogP contribution in [-0.4, -0.2) is 30.8 Å². The lowest BCUT2D eigenvalue weighted by molar-refractivity contribution is 0.323. The second-order valence-corrected chi connectivity index (χ2v) is 10.1. The third-order valence-electron chi connectivity index (χ3n) is 5.52. The molecular formula is C20H29N3O3S. The van der Waals surface area contributed by atoms with Crippen LogP contribution in [0.5, 0.6) is 0 Å². The molecule has 0 radical (unpaired) electrons. The summed E-state index contributed by atoms with van der Waals surface area (Å²) in [4.78, 5) is 11.7. The maximum Gasteiger partial charge on any atom is 0.250 e. The van der Waals surface area contributed by atoms with Crippen LogP contribution in [0.4, 0.5) is 5.69 Å². The van der Waals surface area contributed by atoms with E-state index >= 15 is 0 Å². The number of anilines is 1. The Morgan fingerprint density at radius 3 is 2.48 bits per heavy atom. The standard InChI is InChI=1S/C20H29N3O3S/c1-14(2)27(25,26)22-17-7-4-15(5-8-17)13-21-18-9-10-19-16(12-18)6-11-20(24)23(19)3/h6,9-12,14-15,17,21-22H,4-5,7-8,13H2,1-3H3/t15-,17-. The van der Waals surface area contributed by atoms with Crippen molar-refractivity contribution in [3.63, 3.8) is 0 Å². The number of aryl methyl sites for hydroxylation is 1. The van der Waals surface area contributed by atoms with Crippen LogP contribution >= 0.6 is 0 Å². The number of nitrogens with zero attached hydrogens (tertiary/aromatic N) is 1. The van der Waals surface area contributed by atoms with Gasteiger partial charge in [-0.1, -0.05) is 0 Å². The first-order valence-corrected chi connectivity index (χ1v) is 11.2. The minimum absolute atomic E-state index is 0.00643. The Hall–Kier alpha value is -1.86. The molecule has 0 atom stereocenters. The lowest BCUT2D eigenvalue weighted by Gasteiger charge is -2.29. The van der Waals surface area contributed by atoms with Gasteiger partial charge in [-0.15, -0.1) is 0 Å². The predicted molar refractivity (Wildman–Crippen MR) is 111 cm³/mol. The Labute approximate surface area is 161 Å². The summed E-state index contributed by atoms with van der Waals surface area (Å²) in [6.07, 6.45) is 3.80. The van der Waals surface area contributed by atoms with E-state index in [9.17, 15) is 13.2 Å². The Morgan fingerprint density at radius 2 is 1.81 bits per heavy atom. The zero-order chi connectivity index (χ0) is 19.6. The molecule has 1 heterocycles. The number of fused-ring (bicyclic) bond motifs is 1. The van der Waals surface area contributed by atoms with Crippen LogP contribution in [0.1, 0.15) is 39.5 Å². The van der Waals surface area contributed by atoms with E-state index < -0.39 is 10.0 Å². The van der Waals surface area contributed by atoms with Gasteiger partial charge in [0.25, 0.3) is 5.56 Å². The highest BCUT2D eigenvalue weighted by atomic mass is 32.2. The van der Waals surface area contributed by atoms with E-state index in [2.05, 4.69) is 16.1 Å². The van der Waals surface area contributed by atoms with Crippen molar-refractivity contribution in [2.24, 2.45) is 13.0 Å². The van der Waals surface area contributed by atoms with Gasteiger partial charge in [0.05, 0.1) is 10.8 Å². The molecule has 1 aromatic heterocycles. The molecule has 148 valence electrons. The van der Waals surface area contributed by atoms with E-state index in [1.165, 1.54) is 0 Å². The van der Waals surface area contributed by atoms with E-state index in [-0.39, 0.29) is 16.9 Å². The van der Waals surface area contributed by atoms with Crippen molar-refractivity contribution < 1.29 is 8.42 Å². The van der Waals surface area contributed by atoms with E-state index in [4.69, 9.17) is 0 Å². The van der Waals surface area contributed by atoms with Crippen molar-refractivity contribution in [3.05, 3.63) is 40.7 Å². The zero-order valence-electron chi connectivity index (χ0n) is 16.2. The van der Waals surface area contributed by atoms with Crippen LogP contribution in [0.15, 0.2) is 35.1 Å². The van der Waals surface area contributed by atoms with Crippen molar-refractivity contribution in [2.45, 2.75) is 50.8 Å². The third kappa shape index (κ3) is 4.71. The molecule has 3 rings (SSSR count). The van der Waals surface area contributed by atoms with E-state index in [1.807, 2.05) is 18.2 Å². The molecule has 27 heavy (non-hydrogen) atoms. The van der Waals surface area contributed by atoms with Gasteiger partial charge in [0.1, 0.15) is 0 Å². The highest BCUT2D eigenvalue weighted by Crippen LogP contribution is 2.26. The van der Waals surface area contributed by atoms with Gasteiger partial charge in [0.2, 0.25) is 10.0 Å². The van der Waals surface area contributed by atoms with Gasteiger partial charge in [-0.2, -0.15) is 0 Å². The fourth-order valence-electron chi connectivity index (χ4n) is 3.61. The number of pyridine rings is 1. The maximum absolute atomic E-state index is 12.0. The summed E-state index contributed by atoms with van der Waals surface area (Å²) in [5.41, 5.74) is 1.96. The minimum Gasteiger partial charge on any atom is -0.385 e. The predicted octanol–water partition coefficient (Wildman–Crippen LogP) is 2.84. The number of hydrogen-bond donors (Lipinski definition) is 2. The summed E-state index contributed by atoms with van der Waals surface area (Å²) >= 11 is 0. The van der Waals surface area contributed by atoms with Crippen molar-refractivity contribution in [3.8, 4) is 0 Å². The topological polar surface area (TPSA) is 80.2 Å². The normalized spacial score (nSPS) is 20.9. The van der Waals surface area contributed by atoms with Crippen LogP contribution in [0.3, 0.4) is 0 Å². The van der Waals surface area contributed by atoms with Crippen molar-refractivity contribution in [1.29, 1.82) is 0 Å². The Kier molecular flexibility index (Phi) is 5.91. The highest BCUT2D eigenvalue weighted by molar-refractivity contribution is 7.90. The quantitative estimate of drug-likeness (QED) is 0.793. The molecule has 6 nitrogen and oxygen atoms in total. The molecule has 2 aromatic rings. The number of hydrogen-bond acceptors (Lipinski definition) is 4. The molecule has 2 N–H and O–H groups in total. The molecule has 1 aliphatic carbocycles. The largest absolute Gasteiger partial charge is 0.385 e. The maximum atomic E-state index is 12.0. The first-order valence-electron chi connectivity index (χ1n) is 9.61. The molecular weight excluding hydrogens is 362 g/mol. The molecule has 0 aliphatic heterocycles. The van der Waals surface area contributed by atoms with Crippen LogP contribution < -0.4 is 15.6 Å². The van der Waals surface area contributed by atoms with Gasteiger partial charge in [0, 0.05) is 36.8 Å². The molecule has 0 unspecified atom stereocenters. The SMILES string of the molecule is CC(C)S(=O)(=O)N[C@H]1CC[C@H](CNc2ccc3c(ccc(=O)n3C)c2)CC1. The fourth-order valence-corrected chi connectivity index (χ4v) is 4.58. The average molecular weight is 392 g/mol. The molecule has 1 aromatic carbocycles. The van der Waals surface area contributed by atoms with Crippen LogP contribution in [-0.2, 0) is 17.1 Å². The Morgan fingerprint density at radius 1 is 1.11 bits per heavy atom. The Bertz CT molecular complexity index is 958. The van der Waals surface area contributed by atoms with E-state index in [0.29, 0.717) is 5.92 Å². The molecule has 1 saturated carbocycles. The smallest absolute Gasteiger partial charge is 0.250 e. The first-order chi connectivity index (χ1) is 12.8. The van der Waals surface area contributed by atoms with Crippen molar-refractivity contribution in [2.75, 3.05) is 11.9 Å². The molecule has 0 spiro atoms. The number of aromatic nitrogens is 1. The van der Waals surface area contributed by atoms with Crippen molar-refractivity contribution in [1.82, 2.24) is 9.29 Å². The molecule has 1 fully saturated rings. The summed E-state index contributed by atoms with van der Waals surface area (Å²) in [7, 11) is -1.41. The van der Waals surface area contributed by atoms with E-state index in [0.717, 1.165) is 48.8 Å². The number of rotatable bonds is 6. The van der Waals surface area contributed by atoms with Crippen LogP contribution in [0, 0.1) is 5.92 Å². The number of sulfonamides is 1. The fraction of sp³-hybridized carbons (Fsp3) is 0.550. The summed E-state index contributed by atoms with van der Waals surface area (Å²) < 4.78 is 28.5. The minimum atomic E-state index is -3.19. The summed E-state index contributed by atoms with van der Waals surface area (Å²) in [5, 5.41) is 4.15. The van der Waals surface area contributed by atoms with Gasteiger partial charge < -0.3 is 9.88 Å². The molecule has 0 saturated heterocycles. The second kappa shape index (κ2) is 8.02. The van der Waals surface area contributed by atoms with Gasteiger partial charge >= 0.3 is 0 Å². The zero-order valence-corrected chi connectivity index (χ0v) is 17.1. The van der Waals surface area contributed by atoms with Crippen molar-refractivity contribution >= 4 is 26.6 Å². The number of nitrogens with one attached hydrogen (secondary N) is 2. The molecule has 0 bridgehead atoms. The molecule has 1 aliphatic rings. The summed E-state index contributed by atoms with van der Waals surface area (Å²) in [5.74, 6) is 0.542. The number of benzene rings is 1. The van der Waals surface area contributed by atoms with Gasteiger partial charge in [-0.25, -0.2) is 13.1 Å². The van der Waals surface area contributed by atoms with Crippen LogP contribution in [0.2, 0.25) is 0 Å². The van der Waals surface area contributed by atoms with Gasteiger partial charge in [0.15, 0.2) is 0 Å². The summed E-state index contributed by atoms with van der Waals surface area (Å²) in [6.45, 7) is 4.29. The lowest BCUT2D eigenvalue weighted by Crippen LogP contribution is -2.41. The molecule has 0 amide bonds. The third-order valence-corrected chi connectivity index (χ3v) is 7.42. The lowest BCUT2D eigenvalue weighted by atomic mass is 9.86. The molecule has 7 heteroatoms. The first kappa shape index (κ1) is 19.9. The highest BCUT2D eigenvalue weighted by Gasteiger charge is 2.26. The van der Waals surface area contributed by atoms with Crippen LogP contribution in [0.25, 0.3) is 10.9 Å². The van der Waals surface area contributed by atoms with E-state index in [1.54, 1.807) is 31.5 Å².